The Balaban J connectivity index is 1.99. The topological polar surface area (TPSA) is 56.2 Å². The van der Waals surface area contributed by atoms with E-state index in [4.69, 9.17) is 9.84 Å². The van der Waals surface area contributed by atoms with E-state index in [0.29, 0.717) is 11.8 Å². The molecule has 1 atom stereocenters. The molecular weight excluding hydrogens is 256 g/mol. The van der Waals surface area contributed by atoms with E-state index in [-0.39, 0.29) is 12.4 Å². The number of aliphatic hydroxyl groups is 1. The fourth-order valence-corrected chi connectivity index (χ4v) is 2.66. The second-order valence-electron chi connectivity index (χ2n) is 5.38. The predicted molar refractivity (Wildman–Crippen MR) is 78.1 cm³/mol. The summed E-state index contributed by atoms with van der Waals surface area (Å²) in [5, 5.41) is 19.1. The summed E-state index contributed by atoms with van der Waals surface area (Å²) < 4.78 is 5.10. The van der Waals surface area contributed by atoms with Gasteiger partial charge in [-0.15, -0.1) is 0 Å². The van der Waals surface area contributed by atoms with E-state index in [1.807, 2.05) is 12.1 Å². The molecule has 0 bridgehead atoms. The van der Waals surface area contributed by atoms with Crippen molar-refractivity contribution in [1.29, 1.82) is 0 Å². The third-order valence-corrected chi connectivity index (χ3v) is 4.01. The zero-order valence-corrected chi connectivity index (χ0v) is 12.2. The van der Waals surface area contributed by atoms with E-state index >= 15 is 0 Å². The average molecular weight is 280 g/mol. The normalized spacial score (nSPS) is 21.1. The van der Waals surface area contributed by atoms with Crippen LogP contribution in [0.3, 0.4) is 0 Å². The van der Waals surface area contributed by atoms with Crippen molar-refractivity contribution in [3.05, 3.63) is 23.8 Å². The zero-order valence-electron chi connectivity index (χ0n) is 12.2. The maximum atomic E-state index is 10.0. The van der Waals surface area contributed by atoms with Crippen LogP contribution in [0.4, 0.5) is 0 Å². The monoisotopic (exact) mass is 280 g/mol. The maximum absolute atomic E-state index is 10.0. The molecule has 5 heteroatoms. The number of nitrogens with zero attached hydrogens (tertiary/aromatic N) is 2. The molecule has 0 aromatic heterocycles. The lowest BCUT2D eigenvalue weighted by molar-refractivity contribution is 0.0738. The second-order valence-corrected chi connectivity index (χ2v) is 5.38. The average Bonchev–Trinajstić information content (AvgIpc) is 2.45. The number of aliphatic hydroxyl groups excluding tert-OH is 1. The van der Waals surface area contributed by atoms with E-state index in [0.717, 1.165) is 38.2 Å². The molecule has 2 rings (SSSR count). The first-order chi connectivity index (χ1) is 9.63. The minimum Gasteiger partial charge on any atom is -0.507 e. The van der Waals surface area contributed by atoms with Crippen LogP contribution in [-0.2, 0) is 6.54 Å². The van der Waals surface area contributed by atoms with Gasteiger partial charge in [-0.1, -0.05) is 6.07 Å². The fourth-order valence-electron chi connectivity index (χ4n) is 2.66. The third kappa shape index (κ3) is 3.62. The smallest absolute Gasteiger partial charge is 0.123 e. The number of ether oxygens (including phenoxy) is 1. The summed E-state index contributed by atoms with van der Waals surface area (Å²) in [6.45, 7) is 3.83. The van der Waals surface area contributed by atoms with Gasteiger partial charge in [-0.05, 0) is 19.5 Å². The SMILES string of the molecule is COc1ccc(CN2CCN(C)C(CCO)C2)c(O)c1. The van der Waals surface area contributed by atoms with Crippen LogP contribution in [0.2, 0.25) is 0 Å². The highest BCUT2D eigenvalue weighted by molar-refractivity contribution is 5.39. The zero-order chi connectivity index (χ0) is 14.5. The van der Waals surface area contributed by atoms with Crippen molar-refractivity contribution >= 4 is 0 Å². The second kappa shape index (κ2) is 6.92. The maximum Gasteiger partial charge on any atom is 0.123 e. The molecule has 1 aliphatic rings. The molecule has 2 N–H and O–H groups in total. The number of hydrogen-bond acceptors (Lipinski definition) is 5. The quantitative estimate of drug-likeness (QED) is 0.839. The summed E-state index contributed by atoms with van der Waals surface area (Å²) in [4.78, 5) is 4.61. The van der Waals surface area contributed by atoms with Crippen LogP contribution < -0.4 is 4.74 Å². The Labute approximate surface area is 120 Å². The van der Waals surface area contributed by atoms with Crippen molar-refractivity contribution in [2.24, 2.45) is 0 Å². The van der Waals surface area contributed by atoms with Crippen molar-refractivity contribution in [3.63, 3.8) is 0 Å². The molecule has 5 nitrogen and oxygen atoms in total. The van der Waals surface area contributed by atoms with Crippen molar-refractivity contribution < 1.29 is 14.9 Å². The molecule has 1 aromatic rings. The largest absolute Gasteiger partial charge is 0.507 e. The number of aromatic hydroxyl groups is 1. The first-order valence-electron chi connectivity index (χ1n) is 7.03. The van der Waals surface area contributed by atoms with Gasteiger partial charge in [-0.3, -0.25) is 4.90 Å². The number of methoxy groups -OCH3 is 1. The highest BCUT2D eigenvalue weighted by Gasteiger charge is 2.24. The van der Waals surface area contributed by atoms with Crippen LogP contribution in [0.25, 0.3) is 0 Å². The lowest BCUT2D eigenvalue weighted by Crippen LogP contribution is -2.51. The van der Waals surface area contributed by atoms with Gasteiger partial charge in [0.05, 0.1) is 7.11 Å². The summed E-state index contributed by atoms with van der Waals surface area (Å²) in [7, 11) is 3.69. The van der Waals surface area contributed by atoms with Gasteiger partial charge in [0.1, 0.15) is 11.5 Å². The van der Waals surface area contributed by atoms with E-state index in [2.05, 4.69) is 16.8 Å². The summed E-state index contributed by atoms with van der Waals surface area (Å²) >= 11 is 0. The summed E-state index contributed by atoms with van der Waals surface area (Å²) in [5.74, 6) is 0.949. The number of benzene rings is 1. The van der Waals surface area contributed by atoms with Gasteiger partial charge in [-0.25, -0.2) is 0 Å². The molecule has 1 saturated heterocycles. The molecular formula is C15H24N2O3. The Hall–Kier alpha value is -1.30. The Bertz CT molecular complexity index is 439. The van der Waals surface area contributed by atoms with Gasteiger partial charge in [0, 0.05) is 50.5 Å². The predicted octanol–water partition coefficient (Wildman–Crippen LogP) is 0.899. The van der Waals surface area contributed by atoms with E-state index in [1.54, 1.807) is 13.2 Å². The van der Waals surface area contributed by atoms with Gasteiger partial charge >= 0.3 is 0 Å². The van der Waals surface area contributed by atoms with Gasteiger partial charge in [-0.2, -0.15) is 0 Å². The van der Waals surface area contributed by atoms with Gasteiger partial charge in [0.15, 0.2) is 0 Å². The van der Waals surface area contributed by atoms with Crippen molar-refractivity contribution in [1.82, 2.24) is 9.80 Å². The Morgan fingerprint density at radius 1 is 1.35 bits per heavy atom. The van der Waals surface area contributed by atoms with Crippen LogP contribution in [0.1, 0.15) is 12.0 Å². The highest BCUT2D eigenvalue weighted by atomic mass is 16.5. The number of hydrogen-bond donors (Lipinski definition) is 2. The Morgan fingerprint density at radius 3 is 2.80 bits per heavy atom. The molecule has 20 heavy (non-hydrogen) atoms. The summed E-state index contributed by atoms with van der Waals surface area (Å²) in [6, 6.07) is 5.81. The van der Waals surface area contributed by atoms with Crippen molar-refractivity contribution in [2.75, 3.05) is 40.4 Å². The lowest BCUT2D eigenvalue weighted by Gasteiger charge is -2.39. The van der Waals surface area contributed by atoms with E-state index < -0.39 is 0 Å². The first-order valence-corrected chi connectivity index (χ1v) is 7.03. The molecule has 0 spiro atoms. The number of phenolic OH excluding ortho intramolecular Hbond substituents is 1. The van der Waals surface area contributed by atoms with Crippen LogP contribution in [-0.4, -0.2) is 66.5 Å². The van der Waals surface area contributed by atoms with Crippen molar-refractivity contribution in [3.8, 4) is 11.5 Å². The Kier molecular flexibility index (Phi) is 5.23. The molecule has 1 aromatic carbocycles. The minimum atomic E-state index is 0.219. The molecule has 0 aliphatic carbocycles. The molecule has 0 saturated carbocycles. The molecule has 0 radical (unpaired) electrons. The van der Waals surface area contributed by atoms with Crippen LogP contribution in [0.5, 0.6) is 11.5 Å². The molecule has 1 aliphatic heterocycles. The summed E-state index contributed by atoms with van der Waals surface area (Å²) in [6.07, 6.45) is 0.793. The van der Waals surface area contributed by atoms with E-state index in [1.165, 1.54) is 0 Å². The van der Waals surface area contributed by atoms with Crippen LogP contribution >= 0.6 is 0 Å². The molecule has 1 unspecified atom stereocenters. The van der Waals surface area contributed by atoms with Gasteiger partial charge < -0.3 is 19.8 Å². The van der Waals surface area contributed by atoms with Gasteiger partial charge in [0.25, 0.3) is 0 Å². The number of rotatable bonds is 5. The highest BCUT2D eigenvalue weighted by Crippen LogP contribution is 2.25. The minimum absolute atomic E-state index is 0.219. The van der Waals surface area contributed by atoms with E-state index in [9.17, 15) is 5.11 Å². The third-order valence-electron chi connectivity index (χ3n) is 4.01. The number of likely N-dealkylation sites (N-methyl/N-ethyl adjacent to an activating group) is 1. The standard InChI is InChI=1S/C15H24N2O3/c1-16-6-7-17(11-13(16)5-8-18)10-12-3-4-14(20-2)9-15(12)19/h3-4,9,13,18-19H,5-8,10-11H2,1-2H3. The fraction of sp³-hybridized carbons (Fsp3) is 0.600. The number of piperazine rings is 1. The van der Waals surface area contributed by atoms with Crippen LogP contribution in [0.15, 0.2) is 18.2 Å². The Morgan fingerprint density at radius 2 is 2.15 bits per heavy atom. The molecule has 1 fully saturated rings. The first kappa shape index (κ1) is 15.1. The molecule has 112 valence electrons. The molecule has 0 amide bonds. The number of phenols is 1. The molecule has 1 heterocycles. The van der Waals surface area contributed by atoms with Gasteiger partial charge in [0.2, 0.25) is 0 Å². The lowest BCUT2D eigenvalue weighted by atomic mass is 10.1. The van der Waals surface area contributed by atoms with Crippen LogP contribution in [0, 0.1) is 0 Å². The summed E-state index contributed by atoms with van der Waals surface area (Å²) in [5.41, 5.74) is 0.915. The van der Waals surface area contributed by atoms with Crippen molar-refractivity contribution in [2.45, 2.75) is 19.0 Å².